The van der Waals surface area contributed by atoms with E-state index in [9.17, 15) is 13.2 Å². The monoisotopic (exact) mass is 444 g/mol. The molecule has 1 heterocycles. The number of hydrogen-bond acceptors (Lipinski definition) is 4. The molecule has 1 fully saturated rings. The zero-order chi connectivity index (χ0) is 16.0. The molecule has 0 atom stereocenters. The van der Waals surface area contributed by atoms with Crippen molar-refractivity contribution in [3.63, 3.8) is 0 Å². The van der Waals surface area contributed by atoms with E-state index in [-0.39, 0.29) is 29.9 Å². The third-order valence-electron chi connectivity index (χ3n) is 2.87. The van der Waals surface area contributed by atoms with Crippen molar-refractivity contribution >= 4 is 35.9 Å². The zero-order valence-electron chi connectivity index (χ0n) is 12.7. The van der Waals surface area contributed by atoms with Crippen LogP contribution in [0.15, 0.2) is 17.3 Å². The molecule has 0 amide bonds. The average Bonchev–Trinajstić information content (AvgIpc) is 3.27. The van der Waals surface area contributed by atoms with Gasteiger partial charge in [0.05, 0.1) is 6.54 Å². The molecule has 0 radical (unpaired) electrons. The normalized spacial score (nSPS) is 14.9. The van der Waals surface area contributed by atoms with Gasteiger partial charge in [-0.3, -0.25) is 4.99 Å². The van der Waals surface area contributed by atoms with Crippen LogP contribution in [0.4, 0.5) is 19.1 Å². The molecule has 0 unspecified atom stereocenters. The van der Waals surface area contributed by atoms with Crippen LogP contribution in [0.2, 0.25) is 0 Å². The largest absolute Gasteiger partial charge is 0.433 e. The molecule has 0 spiro atoms. The predicted octanol–water partition coefficient (Wildman–Crippen LogP) is 2.24. The molecule has 0 aromatic carbocycles. The Kier molecular flexibility index (Phi) is 7.79. The Balaban J connectivity index is 0.00000264. The Labute approximate surface area is 149 Å². The Bertz CT molecular complexity index is 519. The van der Waals surface area contributed by atoms with Crippen LogP contribution in [0.5, 0.6) is 0 Å². The van der Waals surface area contributed by atoms with Crippen LogP contribution in [0.25, 0.3) is 0 Å². The molecule has 0 saturated heterocycles. The average molecular weight is 444 g/mol. The fourth-order valence-corrected chi connectivity index (χ4v) is 1.68. The number of hydrogen-bond donors (Lipinski definition) is 3. The summed E-state index contributed by atoms with van der Waals surface area (Å²) in [6.07, 6.45) is -1.11. The molecular formula is C13H20F3IN6. The zero-order valence-corrected chi connectivity index (χ0v) is 15.0. The number of aliphatic imine (C=N–C) groups is 1. The van der Waals surface area contributed by atoms with Crippen molar-refractivity contribution in [3.8, 4) is 0 Å². The first-order valence-electron chi connectivity index (χ1n) is 7.18. The topological polar surface area (TPSA) is 74.2 Å². The van der Waals surface area contributed by atoms with E-state index < -0.39 is 11.9 Å². The molecule has 130 valence electrons. The summed E-state index contributed by atoms with van der Waals surface area (Å²) in [5, 5.41) is 9.10. The van der Waals surface area contributed by atoms with Crippen molar-refractivity contribution in [1.29, 1.82) is 0 Å². The summed E-state index contributed by atoms with van der Waals surface area (Å²) >= 11 is 0. The van der Waals surface area contributed by atoms with Crippen molar-refractivity contribution in [1.82, 2.24) is 20.6 Å². The van der Waals surface area contributed by atoms with Crippen LogP contribution in [0, 0.1) is 0 Å². The van der Waals surface area contributed by atoms with Gasteiger partial charge in [-0.25, -0.2) is 9.97 Å². The second kappa shape index (κ2) is 9.08. The quantitative estimate of drug-likeness (QED) is 0.272. The molecule has 23 heavy (non-hydrogen) atoms. The lowest BCUT2D eigenvalue weighted by Crippen LogP contribution is -2.38. The highest BCUT2D eigenvalue weighted by molar-refractivity contribution is 14.0. The molecule has 1 saturated carbocycles. The second-order valence-electron chi connectivity index (χ2n) is 4.87. The minimum Gasteiger partial charge on any atom is -0.357 e. The Morgan fingerprint density at radius 3 is 2.74 bits per heavy atom. The fourth-order valence-electron chi connectivity index (χ4n) is 1.68. The highest BCUT2D eigenvalue weighted by Gasteiger charge is 2.32. The molecule has 10 heteroatoms. The number of aromatic nitrogens is 2. The number of alkyl halides is 3. The van der Waals surface area contributed by atoms with Crippen LogP contribution < -0.4 is 16.0 Å². The van der Waals surface area contributed by atoms with Gasteiger partial charge in [0.1, 0.15) is 5.69 Å². The van der Waals surface area contributed by atoms with Gasteiger partial charge >= 0.3 is 6.18 Å². The van der Waals surface area contributed by atoms with Gasteiger partial charge in [0.2, 0.25) is 5.95 Å². The summed E-state index contributed by atoms with van der Waals surface area (Å²) in [7, 11) is 0. The Morgan fingerprint density at radius 1 is 1.39 bits per heavy atom. The fraction of sp³-hybridized carbons (Fsp3) is 0.615. The minimum atomic E-state index is -4.47. The van der Waals surface area contributed by atoms with E-state index in [1.165, 1.54) is 0 Å². The first kappa shape index (κ1) is 19.7. The van der Waals surface area contributed by atoms with E-state index in [0.717, 1.165) is 37.6 Å². The van der Waals surface area contributed by atoms with Gasteiger partial charge in [-0.05, 0) is 25.8 Å². The van der Waals surface area contributed by atoms with Crippen molar-refractivity contribution < 1.29 is 13.2 Å². The lowest BCUT2D eigenvalue weighted by atomic mass is 10.4. The van der Waals surface area contributed by atoms with Gasteiger partial charge in [0.15, 0.2) is 5.96 Å². The maximum Gasteiger partial charge on any atom is 0.433 e. The van der Waals surface area contributed by atoms with E-state index in [1.54, 1.807) is 0 Å². The van der Waals surface area contributed by atoms with Gasteiger partial charge in [-0.15, -0.1) is 24.0 Å². The van der Waals surface area contributed by atoms with Crippen molar-refractivity contribution in [3.05, 3.63) is 18.0 Å². The molecule has 0 bridgehead atoms. The van der Waals surface area contributed by atoms with Gasteiger partial charge < -0.3 is 16.0 Å². The van der Waals surface area contributed by atoms with Gasteiger partial charge in [-0.2, -0.15) is 13.2 Å². The van der Waals surface area contributed by atoms with Crippen LogP contribution in [-0.4, -0.2) is 41.6 Å². The SMILES string of the molecule is CCNC(=NCCNc1nccc(C(F)(F)F)n1)NC1CC1.I. The first-order valence-corrected chi connectivity index (χ1v) is 7.18. The van der Waals surface area contributed by atoms with Crippen LogP contribution in [0.3, 0.4) is 0 Å². The highest BCUT2D eigenvalue weighted by atomic mass is 127. The van der Waals surface area contributed by atoms with Gasteiger partial charge in [0, 0.05) is 25.3 Å². The minimum absolute atomic E-state index is 0. The standard InChI is InChI=1S/C13H19F3N6.HI/c1-2-17-11(21-9-3-4-9)19-7-8-20-12-18-6-5-10(22-12)13(14,15)16;/h5-6,9H,2-4,7-8H2,1H3,(H2,17,19,21)(H,18,20,22);1H. The number of nitrogens with zero attached hydrogens (tertiary/aromatic N) is 3. The molecule has 1 aromatic heterocycles. The Hall–Kier alpha value is -1.33. The summed E-state index contributed by atoms with van der Waals surface area (Å²) in [4.78, 5) is 11.5. The summed E-state index contributed by atoms with van der Waals surface area (Å²) in [5.74, 6) is 0.668. The van der Waals surface area contributed by atoms with Crippen LogP contribution in [0.1, 0.15) is 25.5 Å². The molecule has 1 aliphatic rings. The maximum absolute atomic E-state index is 12.5. The Morgan fingerprint density at radius 2 is 2.13 bits per heavy atom. The molecule has 6 nitrogen and oxygen atoms in total. The number of nitrogens with one attached hydrogen (secondary N) is 3. The van der Waals surface area contributed by atoms with Gasteiger partial charge in [0.25, 0.3) is 0 Å². The molecule has 1 aliphatic carbocycles. The van der Waals surface area contributed by atoms with Crippen molar-refractivity contribution in [2.75, 3.05) is 25.0 Å². The van der Waals surface area contributed by atoms with Crippen LogP contribution in [-0.2, 0) is 6.18 Å². The molecule has 2 rings (SSSR count). The van der Waals surface area contributed by atoms with E-state index in [1.807, 2.05) is 6.92 Å². The number of rotatable bonds is 6. The van der Waals surface area contributed by atoms with E-state index in [4.69, 9.17) is 0 Å². The van der Waals surface area contributed by atoms with Crippen molar-refractivity contribution in [2.24, 2.45) is 4.99 Å². The third-order valence-corrected chi connectivity index (χ3v) is 2.87. The predicted molar refractivity (Wildman–Crippen MR) is 93.1 cm³/mol. The van der Waals surface area contributed by atoms with Crippen molar-refractivity contribution in [2.45, 2.75) is 32.0 Å². The molecular weight excluding hydrogens is 424 g/mol. The number of halogens is 4. The first-order chi connectivity index (χ1) is 10.5. The van der Waals surface area contributed by atoms with Crippen LogP contribution >= 0.6 is 24.0 Å². The van der Waals surface area contributed by atoms with E-state index >= 15 is 0 Å². The third kappa shape index (κ3) is 7.18. The molecule has 3 N–H and O–H groups in total. The molecule has 1 aromatic rings. The lowest BCUT2D eigenvalue weighted by Gasteiger charge is -2.10. The number of anilines is 1. The van der Waals surface area contributed by atoms with Gasteiger partial charge in [-0.1, -0.05) is 0 Å². The molecule has 0 aliphatic heterocycles. The summed E-state index contributed by atoms with van der Waals surface area (Å²) in [5.41, 5.74) is -0.961. The second-order valence-corrected chi connectivity index (χ2v) is 4.87. The summed E-state index contributed by atoms with van der Waals surface area (Å²) < 4.78 is 37.6. The summed E-state index contributed by atoms with van der Waals surface area (Å²) in [6, 6.07) is 1.32. The lowest BCUT2D eigenvalue weighted by molar-refractivity contribution is -0.141. The maximum atomic E-state index is 12.5. The number of guanidine groups is 1. The smallest absolute Gasteiger partial charge is 0.357 e. The summed E-state index contributed by atoms with van der Waals surface area (Å²) in [6.45, 7) is 3.48. The highest BCUT2D eigenvalue weighted by Crippen LogP contribution is 2.27. The van der Waals surface area contributed by atoms with E-state index in [0.29, 0.717) is 19.1 Å². The van der Waals surface area contributed by atoms with E-state index in [2.05, 4.69) is 30.9 Å².